The maximum Gasteiger partial charge on any atom is 0.490 e. The summed E-state index contributed by atoms with van der Waals surface area (Å²) in [5, 5.41) is 17.7. The van der Waals surface area contributed by atoms with E-state index in [0.29, 0.717) is 6.54 Å². The zero-order valence-corrected chi connectivity index (χ0v) is 16.1. The second kappa shape index (κ2) is 7.25. The van der Waals surface area contributed by atoms with Gasteiger partial charge in [-0.05, 0) is 52.2 Å². The largest absolute Gasteiger partial charge is 0.490 e. The number of benzene rings is 1. The van der Waals surface area contributed by atoms with Crippen LogP contribution >= 0.6 is 15.9 Å². The molecule has 2 aliphatic rings. The van der Waals surface area contributed by atoms with Gasteiger partial charge >= 0.3 is 18.1 Å². The Bertz CT molecular complexity index is 983. The molecule has 10 heteroatoms. The van der Waals surface area contributed by atoms with Crippen molar-refractivity contribution in [3.63, 3.8) is 0 Å². The van der Waals surface area contributed by atoms with E-state index in [1.54, 1.807) is 0 Å². The summed E-state index contributed by atoms with van der Waals surface area (Å²) in [6, 6.07) is 6.45. The van der Waals surface area contributed by atoms with Crippen LogP contribution in [0.5, 0.6) is 0 Å². The molecule has 1 aliphatic carbocycles. The van der Waals surface area contributed by atoms with Gasteiger partial charge in [0.2, 0.25) is 0 Å². The number of carboxylic acid groups (broad SMARTS) is 2. The molecule has 2 aromatic rings. The topological polar surface area (TPSA) is 93.6 Å². The zero-order valence-electron chi connectivity index (χ0n) is 14.5. The number of hydrogen-bond donors (Lipinski definition) is 3. The fourth-order valence-corrected chi connectivity index (χ4v) is 4.22. The Morgan fingerprint density at radius 3 is 2.50 bits per heavy atom. The number of H-pyrrole nitrogens is 1. The minimum Gasteiger partial charge on any atom is -0.481 e. The highest BCUT2D eigenvalue weighted by Crippen LogP contribution is 2.43. The van der Waals surface area contributed by atoms with Crippen LogP contribution in [0.4, 0.5) is 13.2 Å². The molecule has 4 rings (SSSR count). The molecule has 6 nitrogen and oxygen atoms in total. The number of aliphatic carboxylic acids is 2. The third-order valence-electron chi connectivity index (χ3n) is 4.90. The Balaban J connectivity index is 0.000000279. The maximum absolute atomic E-state index is 11.4. The Morgan fingerprint density at radius 2 is 1.93 bits per heavy atom. The molecular weight excluding hydrogens is 445 g/mol. The van der Waals surface area contributed by atoms with E-state index in [9.17, 15) is 23.1 Å². The number of rotatable bonds is 1. The molecular formula is C18H16BrF3N2O4. The number of hydrogen-bond acceptors (Lipinski definition) is 3. The van der Waals surface area contributed by atoms with Crippen molar-refractivity contribution in [2.75, 3.05) is 13.6 Å². The number of aromatic amines is 1. The van der Waals surface area contributed by atoms with Crippen molar-refractivity contribution in [2.45, 2.75) is 18.6 Å². The minimum atomic E-state index is -5.08. The van der Waals surface area contributed by atoms with Crippen LogP contribution in [0.25, 0.3) is 16.5 Å². The van der Waals surface area contributed by atoms with Crippen LogP contribution in [0.15, 0.2) is 28.9 Å². The van der Waals surface area contributed by atoms with Crippen molar-refractivity contribution < 1.29 is 33.0 Å². The molecule has 28 heavy (non-hydrogen) atoms. The van der Waals surface area contributed by atoms with E-state index in [1.165, 1.54) is 16.5 Å². The summed E-state index contributed by atoms with van der Waals surface area (Å²) < 4.78 is 32.8. The van der Waals surface area contributed by atoms with Gasteiger partial charge in [0.25, 0.3) is 0 Å². The van der Waals surface area contributed by atoms with Gasteiger partial charge in [-0.25, -0.2) is 4.79 Å². The molecule has 0 fully saturated rings. The molecule has 2 heterocycles. The summed E-state index contributed by atoms with van der Waals surface area (Å²) in [5.41, 5.74) is 4.72. The highest BCUT2D eigenvalue weighted by molar-refractivity contribution is 9.10. The number of carbonyl (C=O) groups is 2. The monoisotopic (exact) mass is 460 g/mol. The molecule has 2 atom stereocenters. The molecule has 150 valence electrons. The Labute approximate surface area is 165 Å². The van der Waals surface area contributed by atoms with Crippen molar-refractivity contribution in [3.8, 4) is 0 Å². The quantitative estimate of drug-likeness (QED) is 0.605. The zero-order chi connectivity index (χ0) is 20.8. The minimum absolute atomic E-state index is 0.255. The molecule has 0 saturated carbocycles. The summed E-state index contributed by atoms with van der Waals surface area (Å²) in [7, 11) is 2.01. The Morgan fingerprint density at radius 1 is 1.29 bits per heavy atom. The molecule has 0 bridgehead atoms. The molecule has 1 aliphatic heterocycles. The number of alkyl halides is 3. The first-order valence-electron chi connectivity index (χ1n) is 8.25. The summed E-state index contributed by atoms with van der Waals surface area (Å²) in [6.45, 7) is 0.566. The number of nitrogens with zero attached hydrogens (tertiary/aromatic N) is 1. The lowest BCUT2D eigenvalue weighted by Gasteiger charge is -2.38. The van der Waals surface area contributed by atoms with E-state index in [2.05, 4.69) is 37.9 Å². The summed E-state index contributed by atoms with van der Waals surface area (Å²) in [6.07, 6.45) is -2.22. The standard InChI is InChI=1S/C16H15BrN2O2.C2HF3O2/c1-19-7-8(16(20)21)5-10-9-3-2-4-12-14(9)11(6-13(10)19)15(17)18-12;3-2(4,5)1(6)7/h2-5,8,13,18H,6-7H2,1H3,(H,20,21);(H,6,7)/t8-,13-;/m1./s1. The Hall–Kier alpha value is -2.33. The number of likely N-dealkylation sites (N-methyl/N-ethyl adjacent to an activating group) is 1. The SMILES string of the molecule is CN1C[C@H](C(=O)O)C=C2c3cccc4[nH]c(Br)c(c34)C[C@H]21.O=C(O)C(F)(F)F. The van der Waals surface area contributed by atoms with Gasteiger partial charge in [0.05, 0.1) is 10.5 Å². The van der Waals surface area contributed by atoms with Crippen LogP contribution in [-0.4, -0.2) is 57.8 Å². The van der Waals surface area contributed by atoms with Gasteiger partial charge in [0, 0.05) is 23.5 Å². The smallest absolute Gasteiger partial charge is 0.481 e. The normalized spacial score (nSPS) is 21.4. The van der Waals surface area contributed by atoms with Crippen molar-refractivity contribution >= 4 is 44.3 Å². The molecule has 3 N–H and O–H groups in total. The second-order valence-corrected chi connectivity index (χ2v) is 7.47. The van der Waals surface area contributed by atoms with Gasteiger partial charge in [-0.15, -0.1) is 0 Å². The predicted molar refractivity (Wildman–Crippen MR) is 98.9 cm³/mol. The first-order valence-corrected chi connectivity index (χ1v) is 9.04. The fourth-order valence-electron chi connectivity index (χ4n) is 3.65. The fraction of sp³-hybridized carbons (Fsp3) is 0.333. The van der Waals surface area contributed by atoms with Crippen LogP contribution in [0, 0.1) is 5.92 Å². The van der Waals surface area contributed by atoms with Gasteiger partial charge in [0.1, 0.15) is 0 Å². The van der Waals surface area contributed by atoms with E-state index < -0.39 is 24.0 Å². The number of aromatic nitrogens is 1. The molecule has 0 unspecified atom stereocenters. The first-order chi connectivity index (χ1) is 13.0. The van der Waals surface area contributed by atoms with Crippen LogP contribution < -0.4 is 0 Å². The second-order valence-electron chi connectivity index (χ2n) is 6.67. The molecule has 0 spiro atoms. The highest BCUT2D eigenvalue weighted by atomic mass is 79.9. The van der Waals surface area contributed by atoms with E-state index >= 15 is 0 Å². The van der Waals surface area contributed by atoms with Crippen LogP contribution in [0.2, 0.25) is 0 Å². The Kier molecular flexibility index (Phi) is 5.28. The number of halogens is 4. The third-order valence-corrected chi connectivity index (χ3v) is 5.58. The lowest BCUT2D eigenvalue weighted by atomic mass is 9.80. The molecule has 0 saturated heterocycles. The predicted octanol–water partition coefficient (Wildman–Crippen LogP) is 3.52. The lowest BCUT2D eigenvalue weighted by Crippen LogP contribution is -2.44. The van der Waals surface area contributed by atoms with Gasteiger partial charge in [-0.1, -0.05) is 18.2 Å². The lowest BCUT2D eigenvalue weighted by molar-refractivity contribution is -0.192. The van der Waals surface area contributed by atoms with Crippen LogP contribution in [-0.2, 0) is 16.0 Å². The van der Waals surface area contributed by atoms with E-state index in [4.69, 9.17) is 9.90 Å². The van der Waals surface area contributed by atoms with Gasteiger partial charge in [0.15, 0.2) is 0 Å². The molecule has 0 amide bonds. The average Bonchev–Trinajstić information content (AvgIpc) is 2.92. The van der Waals surface area contributed by atoms with E-state index in [-0.39, 0.29) is 6.04 Å². The van der Waals surface area contributed by atoms with E-state index in [1.807, 2.05) is 19.2 Å². The van der Waals surface area contributed by atoms with E-state index in [0.717, 1.165) is 22.1 Å². The van der Waals surface area contributed by atoms with Crippen molar-refractivity contribution in [1.82, 2.24) is 9.88 Å². The third kappa shape index (κ3) is 3.66. The number of nitrogens with one attached hydrogen (secondary N) is 1. The van der Waals surface area contributed by atoms with Crippen molar-refractivity contribution in [3.05, 3.63) is 40.0 Å². The molecule has 1 aromatic heterocycles. The maximum atomic E-state index is 11.4. The number of fused-ring (bicyclic) bond motifs is 2. The van der Waals surface area contributed by atoms with Crippen LogP contribution in [0.1, 0.15) is 11.1 Å². The van der Waals surface area contributed by atoms with Gasteiger partial charge in [-0.3, -0.25) is 9.69 Å². The highest BCUT2D eigenvalue weighted by Gasteiger charge is 2.38. The van der Waals surface area contributed by atoms with Crippen LogP contribution in [0.3, 0.4) is 0 Å². The summed E-state index contributed by atoms with van der Waals surface area (Å²) in [5.74, 6) is -3.94. The van der Waals surface area contributed by atoms with Gasteiger partial charge < -0.3 is 15.2 Å². The first kappa shape index (κ1) is 20.4. The summed E-state index contributed by atoms with van der Waals surface area (Å²) in [4.78, 5) is 25.8. The molecule has 1 aromatic carbocycles. The number of carboxylic acids is 2. The average molecular weight is 461 g/mol. The van der Waals surface area contributed by atoms with Crippen molar-refractivity contribution in [1.29, 1.82) is 0 Å². The van der Waals surface area contributed by atoms with Gasteiger partial charge in [-0.2, -0.15) is 13.2 Å². The summed E-state index contributed by atoms with van der Waals surface area (Å²) >= 11 is 3.62. The van der Waals surface area contributed by atoms with Crippen molar-refractivity contribution in [2.24, 2.45) is 5.92 Å². The molecule has 0 radical (unpaired) electrons.